The summed E-state index contributed by atoms with van der Waals surface area (Å²) in [7, 11) is 1.65. The molecule has 7 heteroatoms. The zero-order valence-corrected chi connectivity index (χ0v) is 18.9. The predicted molar refractivity (Wildman–Crippen MR) is 123 cm³/mol. The van der Waals surface area contributed by atoms with Crippen molar-refractivity contribution >= 4 is 11.8 Å². The maximum Gasteiger partial charge on any atom is 0.242 e. The number of aliphatic hydroxyl groups excluding tert-OH is 1. The Balaban J connectivity index is 1.34. The minimum atomic E-state index is -0.241. The van der Waals surface area contributed by atoms with Crippen LogP contribution < -0.4 is 4.74 Å². The van der Waals surface area contributed by atoms with Gasteiger partial charge < -0.3 is 24.4 Å². The number of benzene rings is 2. The van der Waals surface area contributed by atoms with Crippen LogP contribution in [-0.4, -0.2) is 78.8 Å². The molecule has 3 fully saturated rings. The molecule has 174 valence electrons. The third kappa shape index (κ3) is 4.00. The maximum absolute atomic E-state index is 13.1. The van der Waals surface area contributed by atoms with Crippen molar-refractivity contribution < 1.29 is 24.2 Å². The van der Waals surface area contributed by atoms with Crippen LogP contribution in [0.2, 0.25) is 0 Å². The summed E-state index contributed by atoms with van der Waals surface area (Å²) in [5.74, 6) is 0.755. The first-order valence-corrected chi connectivity index (χ1v) is 11.6. The summed E-state index contributed by atoms with van der Waals surface area (Å²) in [6.07, 6.45) is 1.43. The Kier molecular flexibility index (Phi) is 6.08. The highest BCUT2D eigenvalue weighted by molar-refractivity contribution is 5.88. The second-order valence-corrected chi connectivity index (χ2v) is 9.10. The maximum atomic E-state index is 13.1. The first-order chi connectivity index (χ1) is 16.1. The Morgan fingerprint density at radius 2 is 1.70 bits per heavy atom. The SMILES string of the molecule is COc1ccc(-c2ccc([C@@H]3[C@H]4CN(C(=O)C5CCOCC5)CC(=O)N4[C@H]3CO)cc2)cc1. The number of carbonyl (C=O) groups is 2. The van der Waals surface area contributed by atoms with Crippen molar-refractivity contribution in [3.05, 3.63) is 54.1 Å². The number of nitrogens with zero attached hydrogens (tertiary/aromatic N) is 2. The lowest BCUT2D eigenvalue weighted by Crippen LogP contribution is -2.73. The average Bonchev–Trinajstić information content (AvgIpc) is 2.86. The quantitative estimate of drug-likeness (QED) is 0.756. The normalized spacial score (nSPS) is 25.4. The number of hydrogen-bond acceptors (Lipinski definition) is 5. The summed E-state index contributed by atoms with van der Waals surface area (Å²) in [4.78, 5) is 29.5. The van der Waals surface area contributed by atoms with Crippen LogP contribution in [0.4, 0.5) is 0 Å². The van der Waals surface area contributed by atoms with E-state index >= 15 is 0 Å². The van der Waals surface area contributed by atoms with Crippen LogP contribution in [-0.2, 0) is 14.3 Å². The van der Waals surface area contributed by atoms with Gasteiger partial charge in [-0.1, -0.05) is 36.4 Å². The fourth-order valence-electron chi connectivity index (χ4n) is 5.55. The van der Waals surface area contributed by atoms with Gasteiger partial charge >= 0.3 is 0 Å². The Morgan fingerprint density at radius 1 is 1.06 bits per heavy atom. The minimum Gasteiger partial charge on any atom is -0.497 e. The predicted octanol–water partition coefficient (Wildman–Crippen LogP) is 2.29. The van der Waals surface area contributed by atoms with E-state index in [-0.39, 0.29) is 48.9 Å². The van der Waals surface area contributed by atoms with Gasteiger partial charge in [-0.05, 0) is 41.7 Å². The topological polar surface area (TPSA) is 79.3 Å². The second kappa shape index (κ2) is 9.15. The van der Waals surface area contributed by atoms with Crippen molar-refractivity contribution in [3.8, 4) is 16.9 Å². The molecule has 3 heterocycles. The molecule has 0 aromatic heterocycles. The summed E-state index contributed by atoms with van der Waals surface area (Å²) in [6.45, 7) is 1.74. The lowest BCUT2D eigenvalue weighted by atomic mass is 9.73. The number of ether oxygens (including phenoxy) is 2. The summed E-state index contributed by atoms with van der Waals surface area (Å²) in [6, 6.07) is 15.9. The lowest BCUT2D eigenvalue weighted by molar-refractivity contribution is -0.169. The zero-order valence-electron chi connectivity index (χ0n) is 18.9. The number of fused-ring (bicyclic) bond motifs is 1. The van der Waals surface area contributed by atoms with Gasteiger partial charge in [0.1, 0.15) is 5.75 Å². The van der Waals surface area contributed by atoms with Gasteiger partial charge in [0.25, 0.3) is 0 Å². The van der Waals surface area contributed by atoms with Crippen molar-refractivity contribution in [3.63, 3.8) is 0 Å². The van der Waals surface area contributed by atoms with E-state index in [1.807, 2.05) is 24.3 Å². The fourth-order valence-corrected chi connectivity index (χ4v) is 5.55. The van der Waals surface area contributed by atoms with Crippen molar-refractivity contribution in [1.82, 2.24) is 9.80 Å². The Bertz CT molecular complexity index is 1000. The second-order valence-electron chi connectivity index (χ2n) is 9.10. The van der Waals surface area contributed by atoms with Crippen molar-refractivity contribution in [2.45, 2.75) is 30.8 Å². The van der Waals surface area contributed by atoms with Gasteiger partial charge in [0.05, 0.1) is 32.3 Å². The number of hydrogen-bond donors (Lipinski definition) is 1. The molecule has 0 radical (unpaired) electrons. The number of aliphatic hydroxyl groups is 1. The first kappa shape index (κ1) is 21.9. The van der Waals surface area contributed by atoms with Crippen molar-refractivity contribution in [2.24, 2.45) is 5.92 Å². The molecule has 0 unspecified atom stereocenters. The molecule has 0 saturated carbocycles. The molecule has 0 spiro atoms. The molecule has 7 nitrogen and oxygen atoms in total. The molecule has 1 N–H and O–H groups in total. The van der Waals surface area contributed by atoms with E-state index in [0.29, 0.717) is 32.6 Å². The van der Waals surface area contributed by atoms with E-state index in [1.54, 1.807) is 16.9 Å². The summed E-state index contributed by atoms with van der Waals surface area (Å²) >= 11 is 0. The number of piperazine rings is 1. The minimum absolute atomic E-state index is 0.00848. The van der Waals surface area contributed by atoms with Crippen LogP contribution in [0.1, 0.15) is 24.3 Å². The highest BCUT2D eigenvalue weighted by Crippen LogP contribution is 2.43. The molecule has 0 bridgehead atoms. The highest BCUT2D eigenvalue weighted by atomic mass is 16.5. The van der Waals surface area contributed by atoms with Gasteiger partial charge in [0, 0.05) is 31.6 Å². The number of carbonyl (C=O) groups excluding carboxylic acids is 2. The molecule has 3 aliphatic rings. The standard InChI is InChI=1S/C26H30N2O5/c1-32-21-8-6-18(7-9-21)17-2-4-19(5-3-17)25-22-14-27(15-24(30)28(22)23(25)16-29)26(31)20-10-12-33-13-11-20/h2-9,20,22-23,25,29H,10-16H2,1H3/t22-,23+,25-/m1/s1. The molecule has 0 aliphatic carbocycles. The molecule has 2 aromatic rings. The fraction of sp³-hybridized carbons (Fsp3) is 0.462. The van der Waals surface area contributed by atoms with E-state index in [2.05, 4.69) is 24.3 Å². The third-order valence-electron chi connectivity index (χ3n) is 7.35. The molecule has 3 aliphatic heterocycles. The summed E-state index contributed by atoms with van der Waals surface area (Å²) < 4.78 is 10.6. The van der Waals surface area contributed by atoms with Crippen LogP contribution in [0, 0.1) is 5.92 Å². The van der Waals surface area contributed by atoms with E-state index in [0.717, 1.165) is 22.4 Å². The zero-order chi connectivity index (χ0) is 22.9. The monoisotopic (exact) mass is 450 g/mol. The van der Waals surface area contributed by atoms with Gasteiger partial charge in [-0.15, -0.1) is 0 Å². The molecule has 33 heavy (non-hydrogen) atoms. The smallest absolute Gasteiger partial charge is 0.242 e. The highest BCUT2D eigenvalue weighted by Gasteiger charge is 2.54. The van der Waals surface area contributed by atoms with Gasteiger partial charge in [0.15, 0.2) is 0 Å². The van der Waals surface area contributed by atoms with Crippen LogP contribution in [0.25, 0.3) is 11.1 Å². The number of rotatable bonds is 5. The van der Waals surface area contributed by atoms with Crippen LogP contribution >= 0.6 is 0 Å². The van der Waals surface area contributed by atoms with Gasteiger partial charge in [0.2, 0.25) is 11.8 Å². The molecule has 3 atom stereocenters. The molecule has 2 aromatic carbocycles. The van der Waals surface area contributed by atoms with Crippen LogP contribution in [0.15, 0.2) is 48.5 Å². The third-order valence-corrected chi connectivity index (χ3v) is 7.35. The van der Waals surface area contributed by atoms with Crippen molar-refractivity contribution in [1.29, 1.82) is 0 Å². The molecule has 2 amide bonds. The number of amides is 2. The van der Waals surface area contributed by atoms with E-state index in [4.69, 9.17) is 9.47 Å². The van der Waals surface area contributed by atoms with Crippen molar-refractivity contribution in [2.75, 3.05) is 40.0 Å². The Morgan fingerprint density at radius 3 is 2.30 bits per heavy atom. The van der Waals surface area contributed by atoms with E-state index in [1.165, 1.54) is 0 Å². The van der Waals surface area contributed by atoms with Gasteiger partial charge in [-0.25, -0.2) is 0 Å². The summed E-state index contributed by atoms with van der Waals surface area (Å²) in [5, 5.41) is 10.0. The largest absolute Gasteiger partial charge is 0.497 e. The molecule has 3 saturated heterocycles. The molecular formula is C26H30N2O5. The molecular weight excluding hydrogens is 420 g/mol. The number of methoxy groups -OCH3 is 1. The average molecular weight is 451 g/mol. The first-order valence-electron chi connectivity index (χ1n) is 11.6. The van der Waals surface area contributed by atoms with Crippen LogP contribution in [0.3, 0.4) is 0 Å². The van der Waals surface area contributed by atoms with Gasteiger partial charge in [-0.3, -0.25) is 9.59 Å². The Hall–Kier alpha value is -2.90. The van der Waals surface area contributed by atoms with E-state index in [9.17, 15) is 14.7 Å². The summed E-state index contributed by atoms with van der Waals surface area (Å²) in [5.41, 5.74) is 3.27. The van der Waals surface area contributed by atoms with E-state index < -0.39 is 0 Å². The molecule has 5 rings (SSSR count). The Labute approximate surface area is 193 Å². The lowest BCUT2D eigenvalue weighted by Gasteiger charge is -2.59. The van der Waals surface area contributed by atoms with Crippen LogP contribution in [0.5, 0.6) is 5.75 Å². The van der Waals surface area contributed by atoms with Gasteiger partial charge in [-0.2, -0.15) is 0 Å².